The van der Waals surface area contributed by atoms with Gasteiger partial charge in [0.1, 0.15) is 0 Å². The molecular formula is C20H36Si. The first kappa shape index (κ1) is 18.5. The number of hydrogen-bond donors (Lipinski definition) is 0. The minimum atomic E-state index is -1.25. The lowest BCUT2D eigenvalue weighted by atomic mass is 9.98. The molecule has 0 radical (unpaired) electrons. The number of benzene rings is 1. The summed E-state index contributed by atoms with van der Waals surface area (Å²) in [6.45, 7) is 14.4. The van der Waals surface area contributed by atoms with Crippen molar-refractivity contribution in [3.63, 3.8) is 0 Å². The Balaban J connectivity index is 2.99. The number of rotatable bonds is 9. The molecule has 0 unspecified atom stereocenters. The van der Waals surface area contributed by atoms with Gasteiger partial charge in [-0.25, -0.2) is 0 Å². The topological polar surface area (TPSA) is 0 Å². The van der Waals surface area contributed by atoms with Gasteiger partial charge in [0.25, 0.3) is 0 Å². The first-order valence-electron chi connectivity index (χ1n) is 9.03. The van der Waals surface area contributed by atoms with E-state index in [-0.39, 0.29) is 0 Å². The highest BCUT2D eigenvalue weighted by atomic mass is 28.3. The summed E-state index contributed by atoms with van der Waals surface area (Å²) in [5, 5.41) is 1.74. The zero-order chi connectivity index (χ0) is 15.9. The van der Waals surface area contributed by atoms with Crippen LogP contribution < -0.4 is 5.19 Å². The van der Waals surface area contributed by atoms with Crippen LogP contribution in [-0.2, 0) is 12.8 Å². The molecule has 1 aromatic rings. The molecule has 0 amide bonds. The van der Waals surface area contributed by atoms with Crippen LogP contribution in [0.15, 0.2) is 12.1 Å². The zero-order valence-electron chi connectivity index (χ0n) is 15.3. The van der Waals surface area contributed by atoms with Crippen LogP contribution in [0.2, 0.25) is 19.6 Å². The second kappa shape index (κ2) is 8.78. The van der Waals surface area contributed by atoms with E-state index in [1.165, 1.54) is 51.4 Å². The van der Waals surface area contributed by atoms with Crippen molar-refractivity contribution in [2.75, 3.05) is 0 Å². The lowest BCUT2D eigenvalue weighted by Crippen LogP contribution is -2.42. The van der Waals surface area contributed by atoms with Crippen LogP contribution >= 0.6 is 0 Å². The normalized spacial score (nSPS) is 11.9. The van der Waals surface area contributed by atoms with Crippen LogP contribution in [0.5, 0.6) is 0 Å². The first-order valence-corrected chi connectivity index (χ1v) is 12.5. The highest BCUT2D eigenvalue weighted by Gasteiger charge is 2.22. The maximum absolute atomic E-state index is 2.54. The van der Waals surface area contributed by atoms with E-state index in [1.807, 2.05) is 0 Å². The quantitative estimate of drug-likeness (QED) is 0.387. The summed E-state index contributed by atoms with van der Waals surface area (Å²) in [5.74, 6) is 0. The Hall–Kier alpha value is -0.563. The molecule has 1 aromatic carbocycles. The molecule has 21 heavy (non-hydrogen) atoms. The van der Waals surface area contributed by atoms with Crippen LogP contribution in [0.3, 0.4) is 0 Å². The molecule has 0 fully saturated rings. The van der Waals surface area contributed by atoms with Crippen LogP contribution in [0.25, 0.3) is 0 Å². The number of unbranched alkanes of at least 4 members (excludes halogenated alkanes) is 4. The van der Waals surface area contributed by atoms with Gasteiger partial charge in [-0.1, -0.05) is 82.1 Å². The monoisotopic (exact) mass is 304 g/mol. The molecule has 0 aliphatic carbocycles. The molecule has 0 heterocycles. The Morgan fingerprint density at radius 1 is 0.810 bits per heavy atom. The van der Waals surface area contributed by atoms with Crippen molar-refractivity contribution in [2.24, 2.45) is 0 Å². The molecule has 0 nitrogen and oxygen atoms in total. The van der Waals surface area contributed by atoms with Crippen LogP contribution in [0, 0.1) is 6.92 Å². The van der Waals surface area contributed by atoms with Gasteiger partial charge in [-0.2, -0.15) is 0 Å². The zero-order valence-corrected chi connectivity index (χ0v) is 16.3. The van der Waals surface area contributed by atoms with E-state index in [0.29, 0.717) is 0 Å². The van der Waals surface area contributed by atoms with Crippen LogP contribution in [-0.4, -0.2) is 8.07 Å². The van der Waals surface area contributed by atoms with Crippen molar-refractivity contribution in [1.82, 2.24) is 0 Å². The Kier molecular flexibility index (Phi) is 7.73. The lowest BCUT2D eigenvalue weighted by Gasteiger charge is -2.25. The van der Waals surface area contributed by atoms with Crippen molar-refractivity contribution < 1.29 is 0 Å². The van der Waals surface area contributed by atoms with Gasteiger partial charge < -0.3 is 0 Å². The van der Waals surface area contributed by atoms with Gasteiger partial charge in [-0.15, -0.1) is 0 Å². The summed E-state index contributed by atoms with van der Waals surface area (Å²) in [7, 11) is -1.25. The fourth-order valence-electron chi connectivity index (χ4n) is 3.48. The number of hydrogen-bond acceptors (Lipinski definition) is 0. The Morgan fingerprint density at radius 3 is 2.05 bits per heavy atom. The Morgan fingerprint density at radius 2 is 1.48 bits per heavy atom. The van der Waals surface area contributed by atoms with Gasteiger partial charge >= 0.3 is 0 Å². The molecule has 0 aromatic heterocycles. The molecule has 1 heteroatoms. The predicted octanol–water partition coefficient (Wildman–Crippen LogP) is 6.01. The molecule has 120 valence electrons. The fraction of sp³-hybridized carbons (Fsp3) is 0.700. The maximum atomic E-state index is 2.54. The molecule has 0 saturated heterocycles. The third kappa shape index (κ3) is 5.98. The molecule has 0 atom stereocenters. The Labute approximate surface area is 134 Å². The van der Waals surface area contributed by atoms with Gasteiger partial charge in [-0.3, -0.25) is 0 Å². The highest BCUT2D eigenvalue weighted by molar-refractivity contribution is 6.89. The van der Waals surface area contributed by atoms with E-state index >= 15 is 0 Å². The highest BCUT2D eigenvalue weighted by Crippen LogP contribution is 2.18. The minimum Gasteiger partial charge on any atom is -0.0656 e. The third-order valence-corrected chi connectivity index (χ3v) is 6.56. The summed E-state index contributed by atoms with van der Waals surface area (Å²) in [6, 6.07) is 5.01. The lowest BCUT2D eigenvalue weighted by molar-refractivity contribution is 0.667. The standard InChI is InChI=1S/C20H36Si/c1-7-9-11-12-14-19-16-18(13-10-8-2)15-17(3)20(19)21(4,5)6/h15-16H,7-14H2,1-6H3. The smallest absolute Gasteiger partial charge is 0.0656 e. The molecule has 0 saturated carbocycles. The van der Waals surface area contributed by atoms with Gasteiger partial charge in [0.05, 0.1) is 8.07 Å². The van der Waals surface area contributed by atoms with Gasteiger partial charge in [-0.05, 0) is 43.7 Å². The molecule has 0 spiro atoms. The summed E-state index contributed by atoms with van der Waals surface area (Å²) >= 11 is 0. The summed E-state index contributed by atoms with van der Waals surface area (Å²) < 4.78 is 0. The van der Waals surface area contributed by atoms with Crippen molar-refractivity contribution in [1.29, 1.82) is 0 Å². The van der Waals surface area contributed by atoms with Crippen LogP contribution in [0.1, 0.15) is 69.1 Å². The average molecular weight is 305 g/mol. The van der Waals surface area contributed by atoms with E-state index in [4.69, 9.17) is 0 Å². The fourth-order valence-corrected chi connectivity index (χ4v) is 5.89. The van der Waals surface area contributed by atoms with Gasteiger partial charge in [0.15, 0.2) is 0 Å². The summed E-state index contributed by atoms with van der Waals surface area (Å²) in [6.07, 6.45) is 10.6. The van der Waals surface area contributed by atoms with Crippen molar-refractivity contribution in [2.45, 2.75) is 91.8 Å². The third-order valence-electron chi connectivity index (χ3n) is 4.35. The molecular weight excluding hydrogens is 268 g/mol. The summed E-state index contributed by atoms with van der Waals surface area (Å²) in [5.41, 5.74) is 4.81. The first-order chi connectivity index (χ1) is 9.90. The largest absolute Gasteiger partial charge is 0.0783 e. The average Bonchev–Trinajstić information content (AvgIpc) is 2.39. The summed E-state index contributed by atoms with van der Waals surface area (Å²) in [4.78, 5) is 0. The van der Waals surface area contributed by atoms with E-state index in [0.717, 1.165) is 0 Å². The van der Waals surface area contributed by atoms with E-state index in [1.54, 1.807) is 21.9 Å². The molecule has 0 aliphatic rings. The van der Waals surface area contributed by atoms with Gasteiger partial charge in [0.2, 0.25) is 0 Å². The van der Waals surface area contributed by atoms with E-state index in [2.05, 4.69) is 52.5 Å². The maximum Gasteiger partial charge on any atom is 0.0783 e. The number of aryl methyl sites for hydroxylation is 3. The second-order valence-corrected chi connectivity index (χ2v) is 12.6. The van der Waals surface area contributed by atoms with Crippen LogP contribution in [0.4, 0.5) is 0 Å². The van der Waals surface area contributed by atoms with Crippen molar-refractivity contribution in [3.8, 4) is 0 Å². The van der Waals surface area contributed by atoms with Crippen molar-refractivity contribution in [3.05, 3.63) is 28.8 Å². The molecule has 0 N–H and O–H groups in total. The Bertz CT molecular complexity index is 426. The SMILES string of the molecule is CCCCCCc1cc(CCCC)cc(C)c1[Si](C)(C)C. The minimum absolute atomic E-state index is 1.25. The van der Waals surface area contributed by atoms with Gasteiger partial charge in [0, 0.05) is 0 Å². The molecule has 1 rings (SSSR count). The molecule has 0 aliphatic heterocycles. The van der Waals surface area contributed by atoms with Crippen molar-refractivity contribution >= 4 is 13.3 Å². The predicted molar refractivity (Wildman–Crippen MR) is 101 cm³/mol. The van der Waals surface area contributed by atoms with E-state index < -0.39 is 8.07 Å². The second-order valence-electron chi connectivity index (χ2n) is 7.61. The molecule has 0 bridgehead atoms. The van der Waals surface area contributed by atoms with E-state index in [9.17, 15) is 0 Å².